The highest BCUT2D eigenvalue weighted by atomic mass is 35.5. The van der Waals surface area contributed by atoms with Crippen LogP contribution in [0.1, 0.15) is 22.9 Å². The molecule has 1 atom stereocenters. The minimum absolute atomic E-state index is 0.454. The number of hydrogen-bond acceptors (Lipinski definition) is 3. The van der Waals surface area contributed by atoms with Gasteiger partial charge >= 0.3 is 0 Å². The molecule has 0 fully saturated rings. The van der Waals surface area contributed by atoms with E-state index in [1.54, 1.807) is 12.3 Å². The average Bonchev–Trinajstić information content (AvgIpc) is 2.34. The molecular formula is C13H13ClN2O. The Balaban J connectivity index is 2.16. The third-order valence-corrected chi connectivity index (χ3v) is 2.92. The molecule has 0 aliphatic heterocycles. The van der Waals surface area contributed by atoms with Crippen molar-refractivity contribution in [2.24, 2.45) is 0 Å². The average molecular weight is 249 g/mol. The first kappa shape index (κ1) is 12.0. The van der Waals surface area contributed by atoms with Gasteiger partial charge in [-0.15, -0.1) is 0 Å². The summed E-state index contributed by atoms with van der Waals surface area (Å²) in [5.74, 6) is 0. The maximum atomic E-state index is 10.0. The fourth-order valence-electron chi connectivity index (χ4n) is 1.63. The molecule has 0 bridgehead atoms. The zero-order chi connectivity index (χ0) is 12.3. The zero-order valence-corrected chi connectivity index (χ0v) is 10.2. The third kappa shape index (κ3) is 3.02. The highest BCUT2D eigenvalue weighted by Crippen LogP contribution is 2.23. The molecule has 1 unspecified atom stereocenters. The smallest absolute Gasteiger partial charge is 0.115 e. The van der Waals surface area contributed by atoms with E-state index in [4.69, 9.17) is 11.6 Å². The Morgan fingerprint density at radius 3 is 2.82 bits per heavy atom. The molecule has 2 rings (SSSR count). The lowest BCUT2D eigenvalue weighted by atomic mass is 10.0. The minimum atomic E-state index is -0.654. The predicted octanol–water partition coefficient (Wildman–Crippen LogP) is 2.71. The Bertz CT molecular complexity index is 502. The van der Waals surface area contributed by atoms with Crippen LogP contribution in [0.2, 0.25) is 5.02 Å². The van der Waals surface area contributed by atoms with Gasteiger partial charge in [0.1, 0.15) is 12.4 Å². The van der Waals surface area contributed by atoms with Crippen LogP contribution in [0, 0.1) is 6.92 Å². The first-order valence-electron chi connectivity index (χ1n) is 5.36. The Kier molecular flexibility index (Phi) is 3.71. The lowest BCUT2D eigenvalue weighted by molar-refractivity contribution is 0.173. The van der Waals surface area contributed by atoms with Crippen molar-refractivity contribution in [3.05, 3.63) is 58.6 Å². The first-order valence-corrected chi connectivity index (χ1v) is 5.73. The normalized spacial score (nSPS) is 12.4. The number of halogens is 1. The zero-order valence-electron chi connectivity index (χ0n) is 9.47. The van der Waals surface area contributed by atoms with Crippen LogP contribution in [0.5, 0.6) is 0 Å². The van der Waals surface area contributed by atoms with E-state index < -0.39 is 6.10 Å². The SMILES string of the molecule is Cc1ccc(CC(O)c2ccncn2)c(Cl)c1. The van der Waals surface area contributed by atoms with E-state index in [1.807, 2.05) is 25.1 Å². The van der Waals surface area contributed by atoms with Gasteiger partial charge in [-0.25, -0.2) is 9.97 Å². The Morgan fingerprint density at radius 1 is 1.35 bits per heavy atom. The quantitative estimate of drug-likeness (QED) is 0.909. The fourth-order valence-corrected chi connectivity index (χ4v) is 1.94. The number of rotatable bonds is 3. The van der Waals surface area contributed by atoms with Crippen molar-refractivity contribution >= 4 is 11.6 Å². The van der Waals surface area contributed by atoms with Crippen molar-refractivity contribution in [1.82, 2.24) is 9.97 Å². The van der Waals surface area contributed by atoms with Crippen LogP contribution in [-0.4, -0.2) is 15.1 Å². The van der Waals surface area contributed by atoms with E-state index in [1.165, 1.54) is 6.33 Å². The number of aliphatic hydroxyl groups is 1. The number of aromatic nitrogens is 2. The van der Waals surface area contributed by atoms with Gasteiger partial charge in [-0.1, -0.05) is 23.7 Å². The van der Waals surface area contributed by atoms with E-state index in [2.05, 4.69) is 9.97 Å². The lowest BCUT2D eigenvalue weighted by Crippen LogP contribution is -2.04. The summed E-state index contributed by atoms with van der Waals surface area (Å²) in [6.07, 6.45) is 2.84. The van der Waals surface area contributed by atoms with Crippen LogP contribution in [0.4, 0.5) is 0 Å². The van der Waals surface area contributed by atoms with Crippen LogP contribution >= 0.6 is 11.6 Å². The largest absolute Gasteiger partial charge is 0.386 e. The van der Waals surface area contributed by atoms with Crippen molar-refractivity contribution in [2.75, 3.05) is 0 Å². The van der Waals surface area contributed by atoms with Crippen LogP contribution in [-0.2, 0) is 6.42 Å². The summed E-state index contributed by atoms with van der Waals surface area (Å²) >= 11 is 6.12. The monoisotopic (exact) mass is 248 g/mol. The van der Waals surface area contributed by atoms with Crippen LogP contribution < -0.4 is 0 Å². The number of aliphatic hydroxyl groups excluding tert-OH is 1. The molecule has 1 aromatic heterocycles. The van der Waals surface area contributed by atoms with Gasteiger partial charge in [0, 0.05) is 17.6 Å². The van der Waals surface area contributed by atoms with Gasteiger partial charge < -0.3 is 5.11 Å². The van der Waals surface area contributed by atoms with Gasteiger partial charge in [0.25, 0.3) is 0 Å². The van der Waals surface area contributed by atoms with E-state index in [0.29, 0.717) is 17.1 Å². The Labute approximate surface area is 105 Å². The summed E-state index contributed by atoms with van der Waals surface area (Å²) in [6, 6.07) is 7.51. The van der Waals surface area contributed by atoms with E-state index in [0.717, 1.165) is 11.1 Å². The summed E-state index contributed by atoms with van der Waals surface area (Å²) in [4.78, 5) is 7.83. The number of benzene rings is 1. The number of hydrogen-bond donors (Lipinski definition) is 1. The molecule has 0 spiro atoms. The van der Waals surface area contributed by atoms with Crippen LogP contribution in [0.15, 0.2) is 36.8 Å². The highest BCUT2D eigenvalue weighted by molar-refractivity contribution is 6.31. The molecule has 0 amide bonds. The predicted molar refractivity (Wildman–Crippen MR) is 66.9 cm³/mol. The molecule has 4 heteroatoms. The van der Waals surface area contributed by atoms with Gasteiger partial charge in [0.2, 0.25) is 0 Å². The first-order chi connectivity index (χ1) is 8.16. The molecule has 88 valence electrons. The molecule has 1 N–H and O–H groups in total. The summed E-state index contributed by atoms with van der Waals surface area (Å²) in [6.45, 7) is 1.98. The van der Waals surface area contributed by atoms with Crippen molar-refractivity contribution in [1.29, 1.82) is 0 Å². The molecular weight excluding hydrogens is 236 g/mol. The molecule has 3 nitrogen and oxygen atoms in total. The van der Waals surface area contributed by atoms with Gasteiger partial charge in [0.05, 0.1) is 5.69 Å². The molecule has 0 aliphatic carbocycles. The molecule has 0 radical (unpaired) electrons. The van der Waals surface area contributed by atoms with E-state index in [-0.39, 0.29) is 0 Å². The maximum absolute atomic E-state index is 10.0. The fraction of sp³-hybridized carbons (Fsp3) is 0.231. The molecule has 1 heterocycles. The molecule has 1 aromatic carbocycles. The summed E-state index contributed by atoms with van der Waals surface area (Å²) in [5.41, 5.74) is 2.63. The summed E-state index contributed by atoms with van der Waals surface area (Å²) in [5, 5.41) is 10.7. The lowest BCUT2D eigenvalue weighted by Gasteiger charge is -2.11. The maximum Gasteiger partial charge on any atom is 0.115 e. The standard InChI is InChI=1S/C13H13ClN2O/c1-9-2-3-10(11(14)6-9)7-13(17)12-4-5-15-8-16-12/h2-6,8,13,17H,7H2,1H3. The summed E-state index contributed by atoms with van der Waals surface area (Å²) in [7, 11) is 0. The summed E-state index contributed by atoms with van der Waals surface area (Å²) < 4.78 is 0. The van der Waals surface area contributed by atoms with Crippen LogP contribution in [0.25, 0.3) is 0 Å². The molecule has 0 aliphatic rings. The van der Waals surface area contributed by atoms with Gasteiger partial charge in [-0.05, 0) is 30.2 Å². The molecule has 17 heavy (non-hydrogen) atoms. The van der Waals surface area contributed by atoms with Crippen molar-refractivity contribution in [3.63, 3.8) is 0 Å². The number of nitrogens with zero attached hydrogens (tertiary/aromatic N) is 2. The molecule has 0 saturated heterocycles. The topological polar surface area (TPSA) is 46.0 Å². The number of aryl methyl sites for hydroxylation is 1. The second-order valence-electron chi connectivity index (χ2n) is 3.95. The van der Waals surface area contributed by atoms with Crippen molar-refractivity contribution < 1.29 is 5.11 Å². The van der Waals surface area contributed by atoms with E-state index >= 15 is 0 Å². The van der Waals surface area contributed by atoms with Crippen molar-refractivity contribution in [2.45, 2.75) is 19.4 Å². The van der Waals surface area contributed by atoms with Crippen LogP contribution in [0.3, 0.4) is 0 Å². The van der Waals surface area contributed by atoms with Gasteiger partial charge in [-0.3, -0.25) is 0 Å². The Hall–Kier alpha value is -1.45. The van der Waals surface area contributed by atoms with Crippen molar-refractivity contribution in [3.8, 4) is 0 Å². The van der Waals surface area contributed by atoms with E-state index in [9.17, 15) is 5.11 Å². The molecule has 2 aromatic rings. The molecule has 0 saturated carbocycles. The highest BCUT2D eigenvalue weighted by Gasteiger charge is 2.11. The second kappa shape index (κ2) is 5.25. The van der Waals surface area contributed by atoms with Gasteiger partial charge in [0.15, 0.2) is 0 Å². The minimum Gasteiger partial charge on any atom is -0.386 e. The second-order valence-corrected chi connectivity index (χ2v) is 4.36. The van der Waals surface area contributed by atoms with Gasteiger partial charge in [-0.2, -0.15) is 0 Å². The Morgan fingerprint density at radius 2 is 2.18 bits per heavy atom. The third-order valence-electron chi connectivity index (χ3n) is 2.57.